The molecule has 0 saturated carbocycles. The summed E-state index contributed by atoms with van der Waals surface area (Å²) in [6, 6.07) is 20.1. The molecule has 1 atom stereocenters. The Bertz CT molecular complexity index is 891. The minimum absolute atomic E-state index is 0.185. The first-order valence-electron chi connectivity index (χ1n) is 9.35. The maximum atomic E-state index is 13.2. The van der Waals surface area contributed by atoms with Gasteiger partial charge in [0.05, 0.1) is 13.2 Å². The van der Waals surface area contributed by atoms with Crippen molar-refractivity contribution in [2.75, 3.05) is 6.61 Å². The highest BCUT2D eigenvalue weighted by Gasteiger charge is 2.25. The monoisotopic (exact) mass is 382 g/mol. The molecule has 0 bridgehead atoms. The van der Waals surface area contributed by atoms with Gasteiger partial charge in [0.25, 0.3) is 0 Å². The van der Waals surface area contributed by atoms with Crippen molar-refractivity contribution in [3.8, 4) is 11.5 Å². The minimum atomic E-state index is -0.297. The van der Waals surface area contributed by atoms with Crippen LogP contribution in [0.4, 0.5) is 8.78 Å². The molecule has 0 spiro atoms. The van der Waals surface area contributed by atoms with Gasteiger partial charge in [0, 0.05) is 5.41 Å². The van der Waals surface area contributed by atoms with E-state index in [2.05, 4.69) is 13.8 Å². The number of ether oxygens (including phenoxy) is 2. The van der Waals surface area contributed by atoms with Gasteiger partial charge in [-0.3, -0.25) is 0 Å². The van der Waals surface area contributed by atoms with Gasteiger partial charge >= 0.3 is 0 Å². The van der Waals surface area contributed by atoms with Gasteiger partial charge in [0.1, 0.15) is 23.1 Å². The molecule has 0 unspecified atom stereocenters. The van der Waals surface area contributed by atoms with Crippen molar-refractivity contribution in [1.29, 1.82) is 0 Å². The summed E-state index contributed by atoms with van der Waals surface area (Å²) in [6.07, 6.45) is 0.881. The molecule has 2 nitrogen and oxygen atoms in total. The van der Waals surface area contributed by atoms with Gasteiger partial charge in [-0.1, -0.05) is 38.1 Å². The zero-order chi connectivity index (χ0) is 20.0. The van der Waals surface area contributed by atoms with E-state index >= 15 is 0 Å². The van der Waals surface area contributed by atoms with Gasteiger partial charge < -0.3 is 9.47 Å². The first kappa shape index (κ1) is 20.0. The molecule has 28 heavy (non-hydrogen) atoms. The lowest BCUT2D eigenvalue weighted by atomic mass is 9.81. The van der Waals surface area contributed by atoms with Crippen molar-refractivity contribution in [3.63, 3.8) is 0 Å². The van der Waals surface area contributed by atoms with Crippen LogP contribution in [0.5, 0.6) is 11.5 Å². The standard InChI is InChI=1S/C24H24F2O2/c1-3-24(2,19-7-9-20(25)10-8-19)17-27-16-18-5-4-6-23(15-18)28-22-13-11-21(26)12-14-22/h4-15H,3,16-17H2,1-2H3/t24-/m0/s1. The number of hydrogen-bond donors (Lipinski definition) is 0. The third-order valence-electron chi connectivity index (χ3n) is 4.96. The van der Waals surface area contributed by atoms with Crippen molar-refractivity contribution in [2.24, 2.45) is 0 Å². The number of rotatable bonds is 8. The molecule has 0 aromatic heterocycles. The predicted octanol–water partition coefficient (Wildman–Crippen LogP) is 6.64. The molecule has 0 fully saturated rings. The van der Waals surface area contributed by atoms with Crippen LogP contribution < -0.4 is 4.74 Å². The molecule has 3 rings (SSSR count). The van der Waals surface area contributed by atoms with E-state index in [0.29, 0.717) is 24.7 Å². The SMILES string of the molecule is CC[C@@](C)(COCc1cccc(Oc2ccc(F)cc2)c1)c1ccc(F)cc1. The van der Waals surface area contributed by atoms with Crippen molar-refractivity contribution in [2.45, 2.75) is 32.3 Å². The summed E-state index contributed by atoms with van der Waals surface area (Å²) >= 11 is 0. The van der Waals surface area contributed by atoms with Crippen molar-refractivity contribution >= 4 is 0 Å². The second kappa shape index (κ2) is 8.98. The van der Waals surface area contributed by atoms with E-state index in [-0.39, 0.29) is 17.0 Å². The van der Waals surface area contributed by atoms with Crippen LogP contribution in [0.1, 0.15) is 31.4 Å². The highest BCUT2D eigenvalue weighted by Crippen LogP contribution is 2.29. The van der Waals surface area contributed by atoms with E-state index in [0.717, 1.165) is 17.5 Å². The molecule has 146 valence electrons. The predicted molar refractivity (Wildman–Crippen MR) is 107 cm³/mol. The fourth-order valence-corrected chi connectivity index (χ4v) is 2.97. The lowest BCUT2D eigenvalue weighted by Crippen LogP contribution is -2.27. The van der Waals surface area contributed by atoms with Crippen LogP contribution in [0.15, 0.2) is 72.8 Å². The van der Waals surface area contributed by atoms with Gasteiger partial charge in [-0.15, -0.1) is 0 Å². The zero-order valence-electron chi connectivity index (χ0n) is 16.1. The van der Waals surface area contributed by atoms with Crippen LogP contribution in [0.2, 0.25) is 0 Å². The fraction of sp³-hybridized carbons (Fsp3) is 0.250. The smallest absolute Gasteiger partial charge is 0.127 e. The molecule has 0 aliphatic heterocycles. The molecular formula is C24H24F2O2. The molecule has 3 aromatic carbocycles. The Morgan fingerprint density at radius 3 is 2.11 bits per heavy atom. The first-order chi connectivity index (χ1) is 13.5. The van der Waals surface area contributed by atoms with Gasteiger partial charge in [-0.05, 0) is 66.1 Å². The topological polar surface area (TPSA) is 18.5 Å². The van der Waals surface area contributed by atoms with Crippen LogP contribution in [-0.4, -0.2) is 6.61 Å². The Labute approximate surface area is 164 Å². The van der Waals surface area contributed by atoms with Crippen molar-refractivity contribution in [3.05, 3.63) is 95.6 Å². The average molecular weight is 382 g/mol. The summed E-state index contributed by atoms with van der Waals surface area (Å²) < 4.78 is 38.0. The lowest BCUT2D eigenvalue weighted by molar-refractivity contribution is 0.0747. The molecule has 0 heterocycles. The molecule has 3 aromatic rings. The van der Waals surface area contributed by atoms with E-state index in [1.807, 2.05) is 36.4 Å². The van der Waals surface area contributed by atoms with Crippen LogP contribution in [0.25, 0.3) is 0 Å². The highest BCUT2D eigenvalue weighted by molar-refractivity contribution is 5.34. The van der Waals surface area contributed by atoms with E-state index in [1.165, 1.54) is 24.3 Å². The summed E-state index contributed by atoms with van der Waals surface area (Å²) in [4.78, 5) is 0. The summed E-state index contributed by atoms with van der Waals surface area (Å²) in [7, 11) is 0. The van der Waals surface area contributed by atoms with Gasteiger partial charge in [-0.25, -0.2) is 8.78 Å². The van der Waals surface area contributed by atoms with E-state index in [1.54, 1.807) is 12.1 Å². The summed E-state index contributed by atoms with van der Waals surface area (Å²) in [5.41, 5.74) is 1.86. The summed E-state index contributed by atoms with van der Waals surface area (Å²) in [6.45, 7) is 5.19. The van der Waals surface area contributed by atoms with Gasteiger partial charge in [0.15, 0.2) is 0 Å². The fourth-order valence-electron chi connectivity index (χ4n) is 2.97. The zero-order valence-corrected chi connectivity index (χ0v) is 16.1. The summed E-state index contributed by atoms with van der Waals surface area (Å²) in [5.74, 6) is 0.717. The van der Waals surface area contributed by atoms with E-state index < -0.39 is 0 Å². The Morgan fingerprint density at radius 2 is 1.46 bits per heavy atom. The molecule has 0 N–H and O–H groups in total. The number of benzene rings is 3. The highest BCUT2D eigenvalue weighted by atomic mass is 19.1. The molecule has 0 saturated heterocycles. The van der Waals surface area contributed by atoms with Gasteiger partial charge in [-0.2, -0.15) is 0 Å². The third kappa shape index (κ3) is 5.17. The quantitative estimate of drug-likeness (QED) is 0.435. The van der Waals surface area contributed by atoms with Crippen LogP contribution in [0.3, 0.4) is 0 Å². The molecule has 0 aliphatic carbocycles. The molecule has 0 radical (unpaired) electrons. The van der Waals surface area contributed by atoms with Crippen molar-refractivity contribution in [1.82, 2.24) is 0 Å². The second-order valence-corrected chi connectivity index (χ2v) is 7.12. The number of halogens is 2. The minimum Gasteiger partial charge on any atom is -0.457 e. The average Bonchev–Trinajstić information content (AvgIpc) is 2.70. The number of hydrogen-bond acceptors (Lipinski definition) is 2. The Kier molecular flexibility index (Phi) is 6.42. The molecule has 0 amide bonds. The Morgan fingerprint density at radius 1 is 0.821 bits per heavy atom. The third-order valence-corrected chi connectivity index (χ3v) is 4.96. The Hall–Kier alpha value is -2.72. The maximum Gasteiger partial charge on any atom is 0.127 e. The Balaban J connectivity index is 1.61. The van der Waals surface area contributed by atoms with Gasteiger partial charge in [0.2, 0.25) is 0 Å². The summed E-state index contributed by atoms with van der Waals surface area (Å²) in [5, 5.41) is 0. The molecule has 4 heteroatoms. The van der Waals surface area contributed by atoms with Crippen LogP contribution >= 0.6 is 0 Å². The largest absolute Gasteiger partial charge is 0.457 e. The first-order valence-corrected chi connectivity index (χ1v) is 9.35. The second-order valence-electron chi connectivity index (χ2n) is 7.12. The maximum absolute atomic E-state index is 13.2. The normalized spacial score (nSPS) is 13.1. The van der Waals surface area contributed by atoms with E-state index in [9.17, 15) is 8.78 Å². The van der Waals surface area contributed by atoms with Crippen LogP contribution in [0, 0.1) is 11.6 Å². The van der Waals surface area contributed by atoms with Crippen molar-refractivity contribution < 1.29 is 18.3 Å². The molecular weight excluding hydrogens is 358 g/mol. The van der Waals surface area contributed by atoms with Crippen LogP contribution in [-0.2, 0) is 16.8 Å². The lowest BCUT2D eigenvalue weighted by Gasteiger charge is -2.28. The van der Waals surface area contributed by atoms with E-state index in [4.69, 9.17) is 9.47 Å². The molecule has 0 aliphatic rings.